The summed E-state index contributed by atoms with van der Waals surface area (Å²) in [6, 6.07) is 15.5. The van der Waals surface area contributed by atoms with Crippen LogP contribution in [0.1, 0.15) is 44.6 Å². The van der Waals surface area contributed by atoms with Crippen molar-refractivity contribution in [3.05, 3.63) is 60.2 Å². The van der Waals surface area contributed by atoms with Gasteiger partial charge in [-0.1, -0.05) is 79.5 Å². The first-order valence-electron chi connectivity index (χ1n) is 9.91. The number of rotatable bonds is 10. The second-order valence-corrected chi connectivity index (χ2v) is 9.41. The zero-order valence-electron chi connectivity index (χ0n) is 16.8. The summed E-state index contributed by atoms with van der Waals surface area (Å²) < 4.78 is 29.8. The van der Waals surface area contributed by atoms with Crippen molar-refractivity contribution in [2.75, 3.05) is 0 Å². The van der Waals surface area contributed by atoms with E-state index < -0.39 is 10.1 Å². The van der Waals surface area contributed by atoms with Crippen LogP contribution in [0, 0.1) is 0 Å². The van der Waals surface area contributed by atoms with Crippen molar-refractivity contribution in [3.63, 3.8) is 0 Å². The van der Waals surface area contributed by atoms with Crippen molar-refractivity contribution in [2.45, 2.75) is 55.4 Å². The van der Waals surface area contributed by atoms with Crippen molar-refractivity contribution in [3.8, 4) is 0 Å². The van der Waals surface area contributed by atoms with Crippen LogP contribution in [0.4, 0.5) is 0 Å². The molecule has 0 atom stereocenters. The van der Waals surface area contributed by atoms with Gasteiger partial charge < -0.3 is 0 Å². The first-order valence-corrected chi connectivity index (χ1v) is 12.1. The topological polar surface area (TPSA) is 85.2 Å². The molecule has 30 heavy (non-hydrogen) atoms. The maximum Gasteiger partial charge on any atom is 0.358 e. The van der Waals surface area contributed by atoms with Gasteiger partial charge in [-0.15, -0.1) is 0 Å². The van der Waals surface area contributed by atoms with E-state index in [4.69, 9.17) is 4.28 Å². The molecule has 0 saturated carbocycles. The average Bonchev–Trinajstić information content (AvgIpc) is 2.77. The van der Waals surface area contributed by atoms with Crippen LogP contribution >= 0.6 is 11.8 Å². The molecule has 0 aromatic heterocycles. The van der Waals surface area contributed by atoms with Gasteiger partial charge in [-0.25, -0.2) is 0 Å². The van der Waals surface area contributed by atoms with Gasteiger partial charge in [0.2, 0.25) is 0 Å². The lowest BCUT2D eigenvalue weighted by Crippen LogP contribution is -2.25. The molecule has 2 aromatic carbocycles. The quantitative estimate of drug-likeness (QED) is 0.293. The Bertz CT molecular complexity index is 1050. The van der Waals surface area contributed by atoms with Crippen LogP contribution in [0.25, 0.3) is 0 Å². The molecule has 3 rings (SSSR count). The molecule has 1 heterocycles. The normalized spacial score (nSPS) is 14.0. The maximum absolute atomic E-state index is 12.9. The van der Waals surface area contributed by atoms with E-state index in [2.05, 4.69) is 17.1 Å². The molecule has 1 aliphatic rings. The highest BCUT2D eigenvalue weighted by Crippen LogP contribution is 2.30. The number of oxime groups is 1. The van der Waals surface area contributed by atoms with E-state index in [1.54, 1.807) is 18.2 Å². The maximum atomic E-state index is 12.9. The first kappa shape index (κ1) is 22.2. The summed E-state index contributed by atoms with van der Waals surface area (Å²) in [6.45, 7) is 2.51. The molecule has 0 spiro atoms. The second-order valence-electron chi connectivity index (χ2n) is 6.85. The Morgan fingerprint density at radius 1 is 1.07 bits per heavy atom. The standard InChI is InChI=1S/C22H24N2O4S2/c1-2-3-4-8-14-19(25)21(22-23-16-17-11-9-10-15-20(17)29-22)24-28-30(26,27)18-12-6-5-7-13-18/h5-7,9-13,15H,2-4,8,14,16H2,1H3/b24-21+. The molecule has 0 aliphatic carbocycles. The molecule has 0 radical (unpaired) electrons. The van der Waals surface area contributed by atoms with Gasteiger partial charge in [-0.3, -0.25) is 14.1 Å². The summed E-state index contributed by atoms with van der Waals surface area (Å²) in [5.41, 5.74) is 1.02. The molecule has 6 nitrogen and oxygen atoms in total. The summed E-state index contributed by atoms with van der Waals surface area (Å²) in [5, 5.41) is 4.18. The van der Waals surface area contributed by atoms with Gasteiger partial charge in [0, 0.05) is 11.3 Å². The van der Waals surface area contributed by atoms with E-state index in [9.17, 15) is 13.2 Å². The van der Waals surface area contributed by atoms with Crippen molar-refractivity contribution in [2.24, 2.45) is 10.1 Å². The molecule has 2 aromatic rings. The van der Waals surface area contributed by atoms with Crippen LogP contribution in [0.3, 0.4) is 0 Å². The van der Waals surface area contributed by atoms with E-state index in [0.717, 1.165) is 29.7 Å². The van der Waals surface area contributed by atoms with Crippen LogP contribution in [-0.4, -0.2) is 25.0 Å². The van der Waals surface area contributed by atoms with Crippen molar-refractivity contribution in [1.29, 1.82) is 0 Å². The van der Waals surface area contributed by atoms with Crippen LogP contribution < -0.4 is 0 Å². The van der Waals surface area contributed by atoms with E-state index >= 15 is 0 Å². The minimum atomic E-state index is -4.12. The number of nitrogens with zero attached hydrogens (tertiary/aromatic N) is 2. The third-order valence-electron chi connectivity index (χ3n) is 4.55. The fourth-order valence-corrected chi connectivity index (χ4v) is 4.65. The molecule has 158 valence electrons. The van der Waals surface area contributed by atoms with Gasteiger partial charge in [0.05, 0.1) is 6.54 Å². The van der Waals surface area contributed by atoms with Crippen LogP contribution in [-0.2, 0) is 25.7 Å². The van der Waals surface area contributed by atoms with Gasteiger partial charge in [-0.2, -0.15) is 8.42 Å². The summed E-state index contributed by atoms with van der Waals surface area (Å²) >= 11 is 1.31. The van der Waals surface area contributed by atoms with Gasteiger partial charge in [-0.05, 0) is 30.2 Å². The monoisotopic (exact) mass is 444 g/mol. The van der Waals surface area contributed by atoms with Crippen LogP contribution in [0.5, 0.6) is 0 Å². The Balaban J connectivity index is 1.83. The highest BCUT2D eigenvalue weighted by Gasteiger charge is 2.25. The molecule has 0 amide bonds. The molecule has 1 aliphatic heterocycles. The van der Waals surface area contributed by atoms with E-state index in [-0.39, 0.29) is 22.8 Å². The molecule has 0 N–H and O–H groups in total. The summed E-state index contributed by atoms with van der Waals surface area (Å²) in [7, 11) is -4.12. The number of hydrogen-bond acceptors (Lipinski definition) is 7. The Morgan fingerprint density at radius 2 is 1.80 bits per heavy atom. The summed E-state index contributed by atoms with van der Waals surface area (Å²) in [4.78, 5) is 18.3. The number of carbonyl (C=O) groups excluding carboxylic acids is 1. The Hall–Kier alpha value is -2.45. The van der Waals surface area contributed by atoms with Gasteiger partial charge in [0.25, 0.3) is 0 Å². The largest absolute Gasteiger partial charge is 0.358 e. The van der Waals surface area contributed by atoms with E-state index in [0.29, 0.717) is 18.0 Å². The van der Waals surface area contributed by atoms with Gasteiger partial charge >= 0.3 is 10.1 Å². The summed E-state index contributed by atoms with van der Waals surface area (Å²) in [6.07, 6.45) is 4.02. The molecular formula is C22H24N2O4S2. The van der Waals surface area contributed by atoms with Gasteiger partial charge in [0.15, 0.2) is 11.5 Å². The van der Waals surface area contributed by atoms with Crippen molar-refractivity contribution >= 4 is 38.4 Å². The number of fused-ring (bicyclic) bond motifs is 1. The number of thioether (sulfide) groups is 1. The number of benzene rings is 2. The Kier molecular flexibility index (Phi) is 7.81. The molecule has 0 fully saturated rings. The average molecular weight is 445 g/mol. The number of unbranched alkanes of at least 4 members (excludes halogenated alkanes) is 3. The second kappa shape index (κ2) is 10.5. The van der Waals surface area contributed by atoms with Crippen molar-refractivity contribution in [1.82, 2.24) is 0 Å². The Labute approximate surface area is 181 Å². The van der Waals surface area contributed by atoms with E-state index in [1.165, 1.54) is 23.9 Å². The Morgan fingerprint density at radius 3 is 2.57 bits per heavy atom. The number of carbonyl (C=O) groups is 1. The smallest absolute Gasteiger partial charge is 0.292 e. The van der Waals surface area contributed by atoms with Gasteiger partial charge in [0.1, 0.15) is 9.94 Å². The zero-order chi connectivity index (χ0) is 21.4. The SMILES string of the molecule is CCCCCCC(=O)/C(=N\OS(=O)(=O)c1ccccc1)C1=NCc2ccccc2S1. The minimum absolute atomic E-state index is 0.0212. The summed E-state index contributed by atoms with van der Waals surface area (Å²) in [5.74, 6) is -0.264. The molecule has 8 heteroatoms. The lowest BCUT2D eigenvalue weighted by Gasteiger charge is -2.16. The fourth-order valence-electron chi connectivity index (χ4n) is 2.91. The van der Waals surface area contributed by atoms with E-state index in [1.807, 2.05) is 24.3 Å². The first-order chi connectivity index (χ1) is 14.5. The zero-order valence-corrected chi connectivity index (χ0v) is 18.4. The highest BCUT2D eigenvalue weighted by atomic mass is 32.2. The third kappa shape index (κ3) is 5.79. The molecule has 0 unspecified atom stereocenters. The number of ketones is 1. The minimum Gasteiger partial charge on any atom is -0.292 e. The lowest BCUT2D eigenvalue weighted by atomic mass is 10.1. The number of aliphatic imine (C=N–C) groups is 1. The van der Waals surface area contributed by atoms with Crippen LogP contribution in [0.15, 0.2) is 74.5 Å². The lowest BCUT2D eigenvalue weighted by molar-refractivity contribution is -0.113. The van der Waals surface area contributed by atoms with Crippen molar-refractivity contribution < 1.29 is 17.5 Å². The van der Waals surface area contributed by atoms with Crippen LogP contribution in [0.2, 0.25) is 0 Å². The predicted molar refractivity (Wildman–Crippen MR) is 119 cm³/mol. The highest BCUT2D eigenvalue weighted by molar-refractivity contribution is 8.16. The number of hydrogen-bond donors (Lipinski definition) is 0. The molecule has 0 bridgehead atoms. The number of Topliss-reactive ketones (excluding diaryl/α,β-unsaturated/α-hetero) is 1. The molecular weight excluding hydrogens is 420 g/mol. The molecule has 0 saturated heterocycles. The fraction of sp³-hybridized carbons (Fsp3) is 0.318. The predicted octanol–water partition coefficient (Wildman–Crippen LogP) is 4.99. The third-order valence-corrected chi connectivity index (χ3v) is 6.81.